The largest absolute Gasteiger partial charge is 0.522 e. The predicted molar refractivity (Wildman–Crippen MR) is 67.5 cm³/mol. The van der Waals surface area contributed by atoms with E-state index in [-0.39, 0.29) is 0 Å². The van der Waals surface area contributed by atoms with Gasteiger partial charge in [-0.2, -0.15) is 0 Å². The van der Waals surface area contributed by atoms with Gasteiger partial charge in [0, 0.05) is 0 Å². The molecular formula is C15H13F3O. The molecule has 2 aromatic rings. The first-order valence-corrected chi connectivity index (χ1v) is 5.81. The molecule has 0 fully saturated rings. The lowest BCUT2D eigenvalue weighted by atomic mass is 9.98. The van der Waals surface area contributed by atoms with Crippen molar-refractivity contribution in [1.82, 2.24) is 0 Å². The zero-order valence-electron chi connectivity index (χ0n) is 10.4. The molecule has 19 heavy (non-hydrogen) atoms. The summed E-state index contributed by atoms with van der Waals surface area (Å²) in [6.07, 6.45) is -4.61. The van der Waals surface area contributed by atoms with E-state index in [4.69, 9.17) is 0 Å². The number of hydrogen-bond donors (Lipinski definition) is 0. The Morgan fingerprint density at radius 1 is 1.00 bits per heavy atom. The molecule has 1 nitrogen and oxygen atoms in total. The Bertz CT molecular complexity index is 547. The van der Waals surface area contributed by atoms with Gasteiger partial charge in [0.1, 0.15) is 0 Å². The number of aryl methyl sites for hydroxylation is 1. The second-order valence-electron chi connectivity index (χ2n) is 4.26. The second kappa shape index (κ2) is 5.45. The van der Waals surface area contributed by atoms with Crippen molar-refractivity contribution in [3.8, 4) is 11.1 Å². The maximum absolute atomic E-state index is 12.1. The summed E-state index contributed by atoms with van der Waals surface area (Å²) in [5.41, 5.74) is 3.17. The lowest BCUT2D eigenvalue weighted by molar-refractivity contribution is -0.330. The Morgan fingerprint density at radius 2 is 1.68 bits per heavy atom. The van der Waals surface area contributed by atoms with E-state index in [1.807, 2.05) is 43.3 Å². The summed E-state index contributed by atoms with van der Waals surface area (Å²) in [6.45, 7) is 1.43. The van der Waals surface area contributed by atoms with Gasteiger partial charge >= 0.3 is 6.36 Å². The normalized spacial score (nSPS) is 11.6. The standard InChI is InChI=1S/C15H13F3O/c1-11-7-8-13(10-19-15(16,17)18)14(9-11)12-5-3-2-4-6-12/h2-9H,10H2,1H3. The molecule has 0 amide bonds. The van der Waals surface area contributed by atoms with Crippen LogP contribution >= 0.6 is 0 Å². The van der Waals surface area contributed by atoms with Crippen LogP contribution in [0.1, 0.15) is 11.1 Å². The number of alkyl halides is 3. The van der Waals surface area contributed by atoms with Crippen LogP contribution in [0.25, 0.3) is 11.1 Å². The van der Waals surface area contributed by atoms with E-state index in [2.05, 4.69) is 4.74 Å². The molecule has 0 aliphatic carbocycles. The average molecular weight is 266 g/mol. The van der Waals surface area contributed by atoms with Crippen molar-refractivity contribution < 1.29 is 17.9 Å². The van der Waals surface area contributed by atoms with Gasteiger partial charge < -0.3 is 0 Å². The topological polar surface area (TPSA) is 9.23 Å². The predicted octanol–water partition coefficient (Wildman–Crippen LogP) is 4.70. The van der Waals surface area contributed by atoms with E-state index in [9.17, 15) is 13.2 Å². The molecule has 0 aliphatic heterocycles. The van der Waals surface area contributed by atoms with Gasteiger partial charge in [0.15, 0.2) is 0 Å². The van der Waals surface area contributed by atoms with Crippen molar-refractivity contribution in [3.63, 3.8) is 0 Å². The van der Waals surface area contributed by atoms with Crippen LogP contribution in [0, 0.1) is 6.92 Å². The zero-order valence-corrected chi connectivity index (χ0v) is 10.4. The average Bonchev–Trinajstić information content (AvgIpc) is 2.37. The number of hydrogen-bond acceptors (Lipinski definition) is 1. The molecule has 2 aromatic carbocycles. The van der Waals surface area contributed by atoms with Crippen molar-refractivity contribution in [2.45, 2.75) is 19.9 Å². The van der Waals surface area contributed by atoms with E-state index in [1.165, 1.54) is 0 Å². The number of ether oxygens (including phenoxy) is 1. The molecule has 0 aromatic heterocycles. The molecular weight excluding hydrogens is 253 g/mol. The molecule has 0 aliphatic rings. The third-order valence-electron chi connectivity index (χ3n) is 2.74. The Balaban J connectivity index is 2.34. The summed E-state index contributed by atoms with van der Waals surface area (Å²) >= 11 is 0. The molecule has 0 bridgehead atoms. The number of rotatable bonds is 3. The number of benzene rings is 2. The van der Waals surface area contributed by atoms with Crippen LogP contribution in [0.5, 0.6) is 0 Å². The van der Waals surface area contributed by atoms with Crippen molar-refractivity contribution in [2.24, 2.45) is 0 Å². The highest BCUT2D eigenvalue weighted by Crippen LogP contribution is 2.27. The van der Waals surface area contributed by atoms with Crippen molar-refractivity contribution in [3.05, 3.63) is 59.7 Å². The maximum Gasteiger partial charge on any atom is 0.522 e. The Labute approximate surface area is 109 Å². The Hall–Kier alpha value is -1.81. The SMILES string of the molecule is Cc1ccc(COC(F)(F)F)c(-c2ccccc2)c1. The van der Waals surface area contributed by atoms with Crippen molar-refractivity contribution >= 4 is 0 Å². The molecule has 0 saturated carbocycles. The van der Waals surface area contributed by atoms with Crippen LogP contribution in [-0.4, -0.2) is 6.36 Å². The maximum atomic E-state index is 12.1. The molecule has 100 valence electrons. The van der Waals surface area contributed by atoms with Crippen LogP contribution < -0.4 is 0 Å². The first-order valence-electron chi connectivity index (χ1n) is 5.81. The quantitative estimate of drug-likeness (QED) is 0.782. The molecule has 0 heterocycles. The first-order chi connectivity index (χ1) is 8.96. The highest BCUT2D eigenvalue weighted by molar-refractivity contribution is 5.67. The van der Waals surface area contributed by atoms with Crippen LogP contribution in [0.4, 0.5) is 13.2 Å². The summed E-state index contributed by atoms with van der Waals surface area (Å²) in [5, 5.41) is 0. The second-order valence-corrected chi connectivity index (χ2v) is 4.26. The molecule has 0 saturated heterocycles. The highest BCUT2D eigenvalue weighted by Gasteiger charge is 2.29. The molecule has 4 heteroatoms. The summed E-state index contributed by atoms with van der Waals surface area (Å²) < 4.78 is 40.3. The van der Waals surface area contributed by atoms with Gasteiger partial charge in [0.2, 0.25) is 0 Å². The molecule has 2 rings (SSSR count). The monoisotopic (exact) mass is 266 g/mol. The highest BCUT2D eigenvalue weighted by atomic mass is 19.4. The van der Waals surface area contributed by atoms with E-state index >= 15 is 0 Å². The van der Waals surface area contributed by atoms with Gasteiger partial charge in [-0.05, 0) is 23.6 Å². The lowest BCUT2D eigenvalue weighted by Gasteiger charge is -2.13. The van der Waals surface area contributed by atoms with Gasteiger partial charge in [-0.15, -0.1) is 13.2 Å². The van der Waals surface area contributed by atoms with Crippen molar-refractivity contribution in [1.29, 1.82) is 0 Å². The molecule has 0 N–H and O–H groups in total. The third-order valence-corrected chi connectivity index (χ3v) is 2.74. The number of halogens is 3. The Kier molecular flexibility index (Phi) is 3.90. The minimum Gasteiger partial charge on any atom is -0.287 e. The van der Waals surface area contributed by atoms with Gasteiger partial charge in [0.05, 0.1) is 6.61 Å². The molecule has 0 spiro atoms. The summed E-state index contributed by atoms with van der Waals surface area (Å²) in [5.74, 6) is 0. The smallest absolute Gasteiger partial charge is 0.287 e. The fourth-order valence-electron chi connectivity index (χ4n) is 1.86. The fourth-order valence-corrected chi connectivity index (χ4v) is 1.86. The Morgan fingerprint density at radius 3 is 2.32 bits per heavy atom. The van der Waals surface area contributed by atoms with Crippen LogP contribution in [0.3, 0.4) is 0 Å². The van der Waals surface area contributed by atoms with Crippen LogP contribution in [0.2, 0.25) is 0 Å². The van der Waals surface area contributed by atoms with E-state index in [0.717, 1.165) is 16.7 Å². The zero-order chi connectivity index (χ0) is 13.9. The lowest BCUT2D eigenvalue weighted by Crippen LogP contribution is -2.13. The molecule has 0 atom stereocenters. The van der Waals surface area contributed by atoms with Gasteiger partial charge in [0.25, 0.3) is 0 Å². The van der Waals surface area contributed by atoms with E-state index in [0.29, 0.717) is 5.56 Å². The van der Waals surface area contributed by atoms with Crippen LogP contribution in [-0.2, 0) is 11.3 Å². The van der Waals surface area contributed by atoms with Gasteiger partial charge in [-0.25, -0.2) is 0 Å². The van der Waals surface area contributed by atoms with Crippen LogP contribution in [0.15, 0.2) is 48.5 Å². The van der Waals surface area contributed by atoms with E-state index in [1.54, 1.807) is 12.1 Å². The first kappa shape index (κ1) is 13.6. The summed E-state index contributed by atoms with van der Waals surface area (Å²) in [4.78, 5) is 0. The van der Waals surface area contributed by atoms with Gasteiger partial charge in [-0.3, -0.25) is 4.74 Å². The van der Waals surface area contributed by atoms with Crippen molar-refractivity contribution in [2.75, 3.05) is 0 Å². The minimum absolute atomic E-state index is 0.478. The summed E-state index contributed by atoms with van der Waals surface area (Å²) in [7, 11) is 0. The molecule has 0 radical (unpaired) electrons. The minimum atomic E-state index is -4.61. The summed E-state index contributed by atoms with van der Waals surface area (Å²) in [6, 6.07) is 14.6. The van der Waals surface area contributed by atoms with Gasteiger partial charge in [-0.1, -0.05) is 54.1 Å². The molecule has 0 unspecified atom stereocenters. The third kappa shape index (κ3) is 3.83. The van der Waals surface area contributed by atoms with E-state index < -0.39 is 13.0 Å². The fraction of sp³-hybridized carbons (Fsp3) is 0.200.